The minimum absolute atomic E-state index is 0.0738. The number of rotatable bonds is 18. The third kappa shape index (κ3) is 15.1. The van der Waals surface area contributed by atoms with Crippen LogP contribution in [0.3, 0.4) is 0 Å². The number of amides is 2. The van der Waals surface area contributed by atoms with Gasteiger partial charge in [-0.15, -0.1) is 0 Å². The molecule has 8 aromatic carbocycles. The number of hydrogen-bond donors (Lipinski definition) is 4. The Kier molecular flexibility index (Phi) is 18.6. The van der Waals surface area contributed by atoms with Gasteiger partial charge in [-0.1, -0.05) is 162 Å². The van der Waals surface area contributed by atoms with Gasteiger partial charge in [-0.05, 0) is 131 Å². The zero-order valence-electron chi connectivity index (χ0n) is 43.6. The first-order valence-electron chi connectivity index (χ1n) is 25.7. The first kappa shape index (κ1) is 56.9. The highest BCUT2D eigenvalue weighted by Gasteiger charge is 2.18. The second-order valence-corrected chi connectivity index (χ2v) is 20.7. The van der Waals surface area contributed by atoms with Gasteiger partial charge in [-0.25, -0.2) is 0 Å². The second kappa shape index (κ2) is 26.5. The van der Waals surface area contributed by atoms with Crippen LogP contribution in [0.25, 0.3) is 67.3 Å². The van der Waals surface area contributed by atoms with Crippen LogP contribution in [0, 0.1) is 6.92 Å². The van der Waals surface area contributed by atoms with Crippen LogP contribution in [0.15, 0.2) is 200 Å². The lowest BCUT2D eigenvalue weighted by molar-refractivity contribution is -0.137. The maximum Gasteiger partial charge on any atom is 0.305 e. The molecule has 0 fully saturated rings. The van der Waals surface area contributed by atoms with Crippen molar-refractivity contribution in [2.75, 3.05) is 13.1 Å². The molecule has 0 aliphatic heterocycles. The monoisotopic (exact) mass is 1150 g/mol. The molecule has 12 nitrogen and oxygen atoms in total. The quantitative estimate of drug-likeness (QED) is 0.0658. The van der Waals surface area contributed by atoms with E-state index in [2.05, 4.69) is 78.2 Å². The van der Waals surface area contributed by atoms with E-state index in [1.807, 2.05) is 112 Å². The average molecular weight is 1150 g/mol. The smallest absolute Gasteiger partial charge is 0.305 e. The van der Waals surface area contributed by atoms with Crippen LogP contribution in [0.2, 0.25) is 20.1 Å². The van der Waals surface area contributed by atoms with Gasteiger partial charge in [0.05, 0.1) is 48.7 Å². The highest BCUT2D eigenvalue weighted by Crippen LogP contribution is 2.35. The van der Waals surface area contributed by atoms with E-state index in [4.69, 9.17) is 66.8 Å². The van der Waals surface area contributed by atoms with Crippen LogP contribution < -0.4 is 10.6 Å². The average Bonchev–Trinajstić information content (AvgIpc) is 4.09. The summed E-state index contributed by atoms with van der Waals surface area (Å²) in [6.07, 6.45) is -0.255. The summed E-state index contributed by atoms with van der Waals surface area (Å²) in [5, 5.41) is 34.8. The lowest BCUT2D eigenvalue weighted by Gasteiger charge is -2.11. The Morgan fingerprint density at radius 2 is 0.815 bits per heavy atom. The fourth-order valence-corrected chi connectivity index (χ4v) is 10.1. The van der Waals surface area contributed by atoms with Crippen LogP contribution in [-0.4, -0.2) is 66.6 Å². The third-order valence-electron chi connectivity index (χ3n) is 13.1. The molecule has 0 atom stereocenters. The molecule has 0 bridgehead atoms. The maximum absolute atomic E-state index is 12.4. The molecule has 406 valence electrons. The van der Waals surface area contributed by atoms with Crippen LogP contribution in [0.1, 0.15) is 50.2 Å². The number of aryl methyl sites for hydroxylation is 1. The molecule has 0 spiro atoms. The molecular weight excluding hydrogens is 1100 g/mol. The first-order chi connectivity index (χ1) is 39.1. The van der Waals surface area contributed by atoms with E-state index >= 15 is 0 Å². The molecule has 81 heavy (non-hydrogen) atoms. The number of carboxylic acids is 2. The lowest BCUT2D eigenvalue weighted by atomic mass is 9.98. The van der Waals surface area contributed by atoms with Gasteiger partial charge in [0.1, 0.15) is 0 Å². The van der Waals surface area contributed by atoms with Crippen molar-refractivity contribution in [1.82, 2.24) is 30.2 Å². The zero-order chi connectivity index (χ0) is 57.0. The molecule has 0 saturated heterocycles. The molecule has 10 rings (SSSR count). The van der Waals surface area contributed by atoms with Gasteiger partial charge in [0.2, 0.25) is 0 Å². The SMILES string of the molecule is Cc1ccccc1-c1cccc(-c2cc(-c3cc(Cl)cc(Cl)c3)nn2Cc2ccc(C(=O)NCCC(=O)O)cc2)c1.O=C(O)CCNC(=O)c1ccc(Cn2nc(-c3cc(Cl)cc(Cl)c3)cc2-c2cccc(-c3ccccc3)c2)cc1. The van der Waals surface area contributed by atoms with Crippen LogP contribution in [0.5, 0.6) is 0 Å². The van der Waals surface area contributed by atoms with Gasteiger partial charge < -0.3 is 20.8 Å². The van der Waals surface area contributed by atoms with Crippen LogP contribution >= 0.6 is 46.4 Å². The molecule has 0 aliphatic rings. The second-order valence-electron chi connectivity index (χ2n) is 19.0. The Labute approximate surface area is 488 Å². The van der Waals surface area contributed by atoms with Crippen LogP contribution in [-0.2, 0) is 22.7 Å². The predicted octanol–water partition coefficient (Wildman–Crippen LogP) is 15.2. The number of hydrogen-bond acceptors (Lipinski definition) is 6. The summed E-state index contributed by atoms with van der Waals surface area (Å²) in [6, 6.07) is 64.3. The molecule has 10 aromatic rings. The van der Waals surface area contributed by atoms with Crippen molar-refractivity contribution in [1.29, 1.82) is 0 Å². The summed E-state index contributed by atoms with van der Waals surface area (Å²) in [5.74, 6) is -2.55. The largest absolute Gasteiger partial charge is 0.481 e. The van der Waals surface area contributed by atoms with E-state index in [0.29, 0.717) is 44.3 Å². The summed E-state index contributed by atoms with van der Waals surface area (Å²) in [4.78, 5) is 46.2. The fourth-order valence-electron chi connectivity index (χ4n) is 9.10. The molecule has 2 heterocycles. The number of benzene rings is 8. The van der Waals surface area contributed by atoms with Gasteiger partial charge >= 0.3 is 11.9 Å². The summed E-state index contributed by atoms with van der Waals surface area (Å²) in [5.41, 5.74) is 15.4. The van der Waals surface area contributed by atoms with E-state index in [9.17, 15) is 19.2 Å². The summed E-state index contributed by atoms with van der Waals surface area (Å²) in [7, 11) is 0. The lowest BCUT2D eigenvalue weighted by Crippen LogP contribution is -2.25. The number of nitrogens with zero attached hydrogens (tertiary/aromatic N) is 4. The van der Waals surface area contributed by atoms with Crippen LogP contribution in [0.4, 0.5) is 0 Å². The van der Waals surface area contributed by atoms with Gasteiger partial charge in [-0.2, -0.15) is 10.2 Å². The highest BCUT2D eigenvalue weighted by atomic mass is 35.5. The number of carboxylic acid groups (broad SMARTS) is 2. The molecule has 2 amide bonds. The zero-order valence-corrected chi connectivity index (χ0v) is 46.6. The predicted molar refractivity (Wildman–Crippen MR) is 322 cm³/mol. The molecule has 0 unspecified atom stereocenters. The Morgan fingerprint density at radius 3 is 1.26 bits per heavy atom. The molecule has 4 N–H and O–H groups in total. The Hall–Kier alpha value is -8.78. The minimum atomic E-state index is -0.959. The number of carbonyl (C=O) groups excluding carboxylic acids is 2. The van der Waals surface area contributed by atoms with Crippen molar-refractivity contribution < 1.29 is 29.4 Å². The van der Waals surface area contributed by atoms with E-state index in [0.717, 1.165) is 72.8 Å². The van der Waals surface area contributed by atoms with Gasteiger partial charge in [0.25, 0.3) is 11.8 Å². The molecule has 2 aromatic heterocycles. The highest BCUT2D eigenvalue weighted by molar-refractivity contribution is 6.35. The molecule has 0 saturated carbocycles. The van der Waals surface area contributed by atoms with Gasteiger partial charge in [-0.3, -0.25) is 28.5 Å². The summed E-state index contributed by atoms with van der Waals surface area (Å²) < 4.78 is 3.86. The third-order valence-corrected chi connectivity index (χ3v) is 14.0. The fraction of sp³-hybridized carbons (Fsp3) is 0.108. The summed E-state index contributed by atoms with van der Waals surface area (Å²) >= 11 is 25.2. The number of aromatic nitrogens is 4. The number of aliphatic carboxylic acids is 2. The normalized spacial score (nSPS) is 10.9. The van der Waals surface area contributed by atoms with Gasteiger partial charge in [0, 0.05) is 66.6 Å². The Morgan fingerprint density at radius 1 is 0.420 bits per heavy atom. The van der Waals surface area contributed by atoms with E-state index < -0.39 is 11.9 Å². The number of nitrogens with one attached hydrogen (secondary N) is 2. The molecule has 16 heteroatoms. The van der Waals surface area contributed by atoms with Gasteiger partial charge in [0.15, 0.2) is 0 Å². The topological polar surface area (TPSA) is 168 Å². The number of halogens is 4. The Bertz CT molecular complexity index is 3860. The van der Waals surface area contributed by atoms with Crippen molar-refractivity contribution in [3.63, 3.8) is 0 Å². The van der Waals surface area contributed by atoms with Crippen molar-refractivity contribution in [2.45, 2.75) is 32.9 Å². The minimum Gasteiger partial charge on any atom is -0.481 e. The summed E-state index contributed by atoms with van der Waals surface area (Å²) in [6.45, 7) is 3.16. The van der Waals surface area contributed by atoms with Crippen molar-refractivity contribution in [2.24, 2.45) is 0 Å². The van der Waals surface area contributed by atoms with E-state index in [-0.39, 0.29) is 37.7 Å². The van der Waals surface area contributed by atoms with Crippen molar-refractivity contribution >= 4 is 70.2 Å². The molecule has 0 radical (unpaired) electrons. The van der Waals surface area contributed by atoms with Crippen molar-refractivity contribution in [3.8, 4) is 67.3 Å². The molecule has 0 aliphatic carbocycles. The first-order valence-corrected chi connectivity index (χ1v) is 27.2. The maximum atomic E-state index is 12.4. The Balaban J connectivity index is 0.000000196. The van der Waals surface area contributed by atoms with Crippen molar-refractivity contribution in [3.05, 3.63) is 248 Å². The standard InChI is InChI=1S/C33H27Cl2N3O3.C32H25Cl2N3O3/c1-21-5-2-3-8-29(21)24-6-4-7-25(15-24)31-19-30(26-16-27(34)18-28(35)17-26)37-38(31)20-22-9-11-23(12-10-22)33(41)36-14-13-32(39)40;33-27-16-26(17-28(34)18-27)29-19-30(25-8-4-7-24(15-25)22-5-2-1-3-6-22)37(36-29)20-21-9-11-23(12-10-21)32(40)35-14-13-31(38)39/h2-12,15-19H,13-14,20H2,1H3,(H,36,41)(H,39,40);1-12,15-19H,13-14,20H2,(H,35,40)(H,38,39). The van der Waals surface area contributed by atoms with E-state index in [1.165, 1.54) is 11.1 Å². The van der Waals surface area contributed by atoms with E-state index in [1.54, 1.807) is 36.4 Å². The number of carbonyl (C=O) groups is 4. The molecular formula is C65H52Cl4N6O6.